The largest absolute Gasteiger partial charge is 0.326 e. The number of guanidine groups is 1. The molecule has 0 fully saturated rings. The van der Waals surface area contributed by atoms with Crippen LogP contribution in [0.25, 0.3) is 27.2 Å². The van der Waals surface area contributed by atoms with Crippen LogP contribution in [0.4, 0.5) is 5.69 Å². The van der Waals surface area contributed by atoms with Crippen molar-refractivity contribution in [2.24, 2.45) is 12.0 Å². The van der Waals surface area contributed by atoms with Gasteiger partial charge in [-0.05, 0) is 35.9 Å². The van der Waals surface area contributed by atoms with E-state index in [9.17, 15) is 4.79 Å². The Balaban J connectivity index is 1.43. The highest BCUT2D eigenvalue weighted by atomic mass is 32.1. The maximum absolute atomic E-state index is 12.3. The second-order valence-electron chi connectivity index (χ2n) is 6.19. The smallest absolute Gasteiger partial charge is 0.276 e. The van der Waals surface area contributed by atoms with Gasteiger partial charge in [-0.1, -0.05) is 12.1 Å². The average Bonchev–Trinajstić information content (AvgIpc) is 3.35. The number of fused-ring (bicyclic) bond motifs is 2. The lowest BCUT2D eigenvalue weighted by molar-refractivity contribution is -0.115. The van der Waals surface area contributed by atoms with Crippen molar-refractivity contribution in [1.29, 1.82) is 0 Å². The van der Waals surface area contributed by atoms with Crippen LogP contribution >= 0.6 is 11.3 Å². The number of aryl methyl sites for hydroxylation is 1. The number of rotatable bonds is 2. The molecule has 27 heavy (non-hydrogen) atoms. The SMILES string of the molecule is Cn1ncc2ccc(C=C3N=C(Nc4ccc5ncsc5c4)NC3=O)cc21. The van der Waals surface area contributed by atoms with Gasteiger partial charge in [0.25, 0.3) is 5.91 Å². The first kappa shape index (κ1) is 15.7. The van der Waals surface area contributed by atoms with Crippen molar-refractivity contribution >= 4 is 56.1 Å². The molecule has 5 rings (SSSR count). The number of nitrogens with one attached hydrogen (secondary N) is 2. The minimum atomic E-state index is -0.235. The number of benzene rings is 2. The summed E-state index contributed by atoms with van der Waals surface area (Å²) in [6.45, 7) is 0. The molecule has 2 aromatic carbocycles. The predicted octanol–water partition coefficient (Wildman–Crippen LogP) is 3.12. The summed E-state index contributed by atoms with van der Waals surface area (Å²) in [6, 6.07) is 11.7. The molecule has 1 amide bonds. The molecular formula is C19H14N6OS. The Bertz CT molecular complexity index is 1270. The fourth-order valence-electron chi connectivity index (χ4n) is 3.01. The van der Waals surface area contributed by atoms with E-state index < -0.39 is 0 Å². The molecule has 0 spiro atoms. The lowest BCUT2D eigenvalue weighted by Crippen LogP contribution is -2.29. The Hall–Kier alpha value is -3.52. The summed E-state index contributed by atoms with van der Waals surface area (Å²) >= 11 is 1.57. The van der Waals surface area contributed by atoms with Crippen LogP contribution in [0.3, 0.4) is 0 Å². The summed E-state index contributed by atoms with van der Waals surface area (Å²) in [6.07, 6.45) is 3.58. The van der Waals surface area contributed by atoms with Gasteiger partial charge in [-0.15, -0.1) is 11.3 Å². The number of hydrogen-bond acceptors (Lipinski definition) is 6. The molecule has 0 saturated carbocycles. The van der Waals surface area contributed by atoms with Crippen LogP contribution in [-0.2, 0) is 11.8 Å². The van der Waals surface area contributed by atoms with E-state index in [0.717, 1.165) is 32.4 Å². The van der Waals surface area contributed by atoms with Crippen molar-refractivity contribution in [3.05, 3.63) is 59.4 Å². The Morgan fingerprint density at radius 1 is 1.22 bits per heavy atom. The van der Waals surface area contributed by atoms with E-state index in [2.05, 4.69) is 25.7 Å². The van der Waals surface area contributed by atoms with E-state index >= 15 is 0 Å². The molecule has 2 N–H and O–H groups in total. The average molecular weight is 374 g/mol. The van der Waals surface area contributed by atoms with Crippen molar-refractivity contribution in [3.8, 4) is 0 Å². The maximum atomic E-state index is 12.3. The fraction of sp³-hybridized carbons (Fsp3) is 0.0526. The van der Waals surface area contributed by atoms with Gasteiger partial charge in [0.2, 0.25) is 5.96 Å². The lowest BCUT2D eigenvalue weighted by Gasteiger charge is -2.04. The highest BCUT2D eigenvalue weighted by Crippen LogP contribution is 2.23. The summed E-state index contributed by atoms with van der Waals surface area (Å²) in [5.41, 5.74) is 5.87. The van der Waals surface area contributed by atoms with Gasteiger partial charge in [0.15, 0.2) is 0 Å². The van der Waals surface area contributed by atoms with Crippen molar-refractivity contribution in [1.82, 2.24) is 20.1 Å². The normalized spacial score (nSPS) is 15.5. The second kappa shape index (κ2) is 6.03. The Morgan fingerprint density at radius 2 is 2.15 bits per heavy atom. The summed E-state index contributed by atoms with van der Waals surface area (Å²) in [7, 11) is 1.89. The van der Waals surface area contributed by atoms with Crippen LogP contribution in [0.1, 0.15) is 5.56 Å². The fourth-order valence-corrected chi connectivity index (χ4v) is 3.72. The van der Waals surface area contributed by atoms with E-state index in [0.29, 0.717) is 11.7 Å². The van der Waals surface area contributed by atoms with Gasteiger partial charge in [-0.3, -0.25) is 14.8 Å². The molecule has 0 bridgehead atoms. The molecule has 1 aliphatic rings. The van der Waals surface area contributed by atoms with E-state index in [-0.39, 0.29) is 5.91 Å². The number of aliphatic imine (C=N–C) groups is 1. The first-order chi connectivity index (χ1) is 13.2. The van der Waals surface area contributed by atoms with E-state index in [1.54, 1.807) is 22.1 Å². The van der Waals surface area contributed by atoms with Crippen LogP contribution in [0.5, 0.6) is 0 Å². The van der Waals surface area contributed by atoms with Crippen LogP contribution in [0.15, 0.2) is 58.8 Å². The number of carbonyl (C=O) groups is 1. The van der Waals surface area contributed by atoms with Gasteiger partial charge < -0.3 is 5.32 Å². The van der Waals surface area contributed by atoms with Gasteiger partial charge in [0.1, 0.15) is 5.70 Å². The molecule has 0 saturated heterocycles. The number of amides is 1. The standard InChI is InChI=1S/C19H14N6OS/c1-25-16-7-11(2-3-12(16)9-21-25)6-15-18(26)24-19(23-15)22-13-4-5-14-17(8-13)27-10-20-14/h2-10H,1H3,(H2,22,23,24,26). The number of hydrogen-bond donors (Lipinski definition) is 2. The van der Waals surface area contributed by atoms with Crippen LogP contribution in [0, 0.1) is 0 Å². The second-order valence-corrected chi connectivity index (χ2v) is 7.08. The summed E-state index contributed by atoms with van der Waals surface area (Å²) in [4.78, 5) is 20.9. The summed E-state index contributed by atoms with van der Waals surface area (Å²) in [5.74, 6) is 0.179. The van der Waals surface area contributed by atoms with E-state index in [1.807, 2.05) is 55.2 Å². The van der Waals surface area contributed by atoms with Gasteiger partial charge >= 0.3 is 0 Å². The van der Waals surface area contributed by atoms with Crippen LogP contribution < -0.4 is 10.6 Å². The van der Waals surface area contributed by atoms with Gasteiger partial charge in [-0.25, -0.2) is 9.98 Å². The quantitative estimate of drug-likeness (QED) is 0.528. The first-order valence-electron chi connectivity index (χ1n) is 8.29. The number of thiazole rings is 1. The zero-order chi connectivity index (χ0) is 18.4. The number of carbonyl (C=O) groups excluding carboxylic acids is 1. The zero-order valence-electron chi connectivity index (χ0n) is 14.3. The minimum absolute atomic E-state index is 0.235. The zero-order valence-corrected chi connectivity index (χ0v) is 15.1. The third-order valence-corrected chi connectivity index (χ3v) is 5.16. The molecule has 1 aliphatic heterocycles. The minimum Gasteiger partial charge on any atom is -0.326 e. The van der Waals surface area contributed by atoms with E-state index in [4.69, 9.17) is 0 Å². The highest BCUT2D eigenvalue weighted by Gasteiger charge is 2.20. The molecule has 2 aromatic heterocycles. The molecule has 0 radical (unpaired) electrons. The Morgan fingerprint density at radius 3 is 3.07 bits per heavy atom. The molecule has 0 aliphatic carbocycles. The molecule has 132 valence electrons. The predicted molar refractivity (Wildman–Crippen MR) is 108 cm³/mol. The summed E-state index contributed by atoms with van der Waals surface area (Å²) < 4.78 is 2.88. The molecule has 4 aromatic rings. The van der Waals surface area contributed by atoms with Crippen molar-refractivity contribution in [2.45, 2.75) is 0 Å². The molecule has 0 atom stereocenters. The molecule has 8 heteroatoms. The Labute approximate surface area is 158 Å². The lowest BCUT2D eigenvalue weighted by atomic mass is 10.1. The molecular weight excluding hydrogens is 360 g/mol. The maximum Gasteiger partial charge on any atom is 0.276 e. The highest BCUT2D eigenvalue weighted by molar-refractivity contribution is 7.16. The van der Waals surface area contributed by atoms with Gasteiger partial charge in [0, 0.05) is 18.1 Å². The van der Waals surface area contributed by atoms with E-state index in [1.165, 1.54) is 0 Å². The van der Waals surface area contributed by atoms with Gasteiger partial charge in [0.05, 0.1) is 27.4 Å². The third kappa shape index (κ3) is 2.85. The first-order valence-corrected chi connectivity index (χ1v) is 9.17. The molecule has 0 unspecified atom stereocenters. The van der Waals surface area contributed by atoms with Crippen molar-refractivity contribution < 1.29 is 4.79 Å². The number of aromatic nitrogens is 3. The summed E-state index contributed by atoms with van der Waals surface area (Å²) in [5, 5.41) is 11.2. The van der Waals surface area contributed by atoms with Gasteiger partial charge in [-0.2, -0.15) is 5.10 Å². The number of anilines is 1. The number of nitrogens with zero attached hydrogens (tertiary/aromatic N) is 4. The molecule has 3 heterocycles. The Kier molecular flexibility index (Phi) is 3.51. The van der Waals surface area contributed by atoms with Crippen molar-refractivity contribution in [2.75, 3.05) is 5.32 Å². The van der Waals surface area contributed by atoms with Crippen LogP contribution in [-0.4, -0.2) is 26.6 Å². The van der Waals surface area contributed by atoms with Crippen molar-refractivity contribution in [3.63, 3.8) is 0 Å². The third-order valence-electron chi connectivity index (χ3n) is 4.37. The molecule has 7 nitrogen and oxygen atoms in total. The monoisotopic (exact) mass is 374 g/mol. The topological polar surface area (TPSA) is 84.2 Å². The van der Waals surface area contributed by atoms with Crippen LogP contribution in [0.2, 0.25) is 0 Å².